The van der Waals surface area contributed by atoms with Gasteiger partial charge in [-0.3, -0.25) is 4.79 Å². The van der Waals surface area contributed by atoms with Gasteiger partial charge in [-0.2, -0.15) is 0 Å². The molecule has 3 N–H and O–H groups in total. The molecule has 0 bridgehead atoms. The molecule has 0 saturated carbocycles. The highest BCUT2D eigenvalue weighted by atomic mass is 16.1. The van der Waals surface area contributed by atoms with Crippen molar-refractivity contribution < 1.29 is 4.79 Å². The summed E-state index contributed by atoms with van der Waals surface area (Å²) in [6, 6.07) is 6.30. The Kier molecular flexibility index (Phi) is 5.62. The Morgan fingerprint density at radius 2 is 2.29 bits per heavy atom. The monoisotopic (exact) mass is 289 g/mol. The molecule has 4 heteroatoms. The molecule has 1 atom stereocenters. The summed E-state index contributed by atoms with van der Waals surface area (Å²) in [5.41, 5.74) is 8.31. The summed E-state index contributed by atoms with van der Waals surface area (Å²) >= 11 is 0. The number of anilines is 2. The van der Waals surface area contributed by atoms with Gasteiger partial charge in [0.2, 0.25) is 5.91 Å². The molecule has 4 nitrogen and oxygen atoms in total. The zero-order chi connectivity index (χ0) is 15.2. The number of rotatable bonds is 6. The number of likely N-dealkylation sites (tertiary alicyclic amines) is 1. The molecular formula is C17H27N3O. The van der Waals surface area contributed by atoms with Gasteiger partial charge in [0.1, 0.15) is 0 Å². The van der Waals surface area contributed by atoms with Crippen molar-refractivity contribution in [1.29, 1.82) is 0 Å². The van der Waals surface area contributed by atoms with E-state index in [0.717, 1.165) is 35.9 Å². The standard InChI is InChI=1S/C17H27N3O/c1-3-15-6-4-10-20(15)11-5-7-17(21)19-16-9-8-14(18)12-13(16)2/h8-9,12,15H,3-7,10-11,18H2,1-2H3,(H,19,21). The average Bonchev–Trinajstić information content (AvgIpc) is 2.89. The van der Waals surface area contributed by atoms with E-state index in [9.17, 15) is 4.79 Å². The fourth-order valence-electron chi connectivity index (χ4n) is 3.13. The van der Waals surface area contributed by atoms with Crippen LogP contribution in [0.1, 0.15) is 44.6 Å². The van der Waals surface area contributed by atoms with Crippen molar-refractivity contribution >= 4 is 17.3 Å². The van der Waals surface area contributed by atoms with E-state index in [1.165, 1.54) is 25.8 Å². The molecule has 116 valence electrons. The summed E-state index contributed by atoms with van der Waals surface area (Å²) in [5.74, 6) is 0.0927. The third kappa shape index (κ3) is 4.46. The molecule has 1 fully saturated rings. The van der Waals surface area contributed by atoms with Gasteiger partial charge < -0.3 is 16.0 Å². The van der Waals surface area contributed by atoms with Crippen molar-refractivity contribution in [2.45, 2.75) is 52.0 Å². The van der Waals surface area contributed by atoms with Gasteiger partial charge in [0.15, 0.2) is 0 Å². The molecule has 0 spiro atoms. The van der Waals surface area contributed by atoms with Crippen LogP contribution in [0.15, 0.2) is 18.2 Å². The van der Waals surface area contributed by atoms with Crippen LogP contribution in [0.25, 0.3) is 0 Å². The first kappa shape index (κ1) is 15.8. The minimum atomic E-state index is 0.0927. The van der Waals surface area contributed by atoms with Crippen molar-refractivity contribution in [1.82, 2.24) is 4.90 Å². The summed E-state index contributed by atoms with van der Waals surface area (Å²) in [6.07, 6.45) is 5.34. The molecule has 21 heavy (non-hydrogen) atoms. The first-order chi connectivity index (χ1) is 10.1. The average molecular weight is 289 g/mol. The summed E-state index contributed by atoms with van der Waals surface area (Å²) in [6.45, 7) is 6.44. The van der Waals surface area contributed by atoms with Gasteiger partial charge in [-0.15, -0.1) is 0 Å². The normalized spacial score (nSPS) is 18.9. The summed E-state index contributed by atoms with van der Waals surface area (Å²) in [4.78, 5) is 14.5. The fraction of sp³-hybridized carbons (Fsp3) is 0.588. The maximum atomic E-state index is 12.0. The van der Waals surface area contributed by atoms with Gasteiger partial charge in [-0.05, 0) is 69.5 Å². The Hall–Kier alpha value is -1.55. The van der Waals surface area contributed by atoms with E-state index in [1.54, 1.807) is 0 Å². The highest BCUT2D eigenvalue weighted by Crippen LogP contribution is 2.21. The predicted molar refractivity (Wildman–Crippen MR) is 88.3 cm³/mol. The van der Waals surface area contributed by atoms with Crippen LogP contribution in [0.2, 0.25) is 0 Å². The number of nitrogens with two attached hydrogens (primary N) is 1. The van der Waals surface area contributed by atoms with E-state index in [0.29, 0.717) is 6.42 Å². The van der Waals surface area contributed by atoms with Gasteiger partial charge in [-0.25, -0.2) is 0 Å². The SMILES string of the molecule is CCC1CCCN1CCCC(=O)Nc1ccc(N)cc1C. The van der Waals surface area contributed by atoms with Crippen molar-refractivity contribution in [3.63, 3.8) is 0 Å². The minimum Gasteiger partial charge on any atom is -0.399 e. The molecule has 1 aromatic carbocycles. The van der Waals surface area contributed by atoms with Crippen LogP contribution in [0.4, 0.5) is 11.4 Å². The summed E-state index contributed by atoms with van der Waals surface area (Å²) in [7, 11) is 0. The molecule has 0 aromatic heterocycles. The maximum absolute atomic E-state index is 12.0. The number of carbonyl (C=O) groups is 1. The molecular weight excluding hydrogens is 262 g/mol. The number of benzene rings is 1. The highest BCUT2D eigenvalue weighted by Gasteiger charge is 2.22. The van der Waals surface area contributed by atoms with Crippen LogP contribution in [0.5, 0.6) is 0 Å². The maximum Gasteiger partial charge on any atom is 0.224 e. The summed E-state index contributed by atoms with van der Waals surface area (Å²) in [5, 5.41) is 2.97. The fourth-order valence-corrected chi connectivity index (χ4v) is 3.13. The highest BCUT2D eigenvalue weighted by molar-refractivity contribution is 5.91. The van der Waals surface area contributed by atoms with E-state index >= 15 is 0 Å². The number of nitrogens with zero attached hydrogens (tertiary/aromatic N) is 1. The number of hydrogen-bond acceptors (Lipinski definition) is 3. The Morgan fingerprint density at radius 3 is 3.00 bits per heavy atom. The van der Waals surface area contributed by atoms with Gasteiger partial charge in [0.25, 0.3) is 0 Å². The van der Waals surface area contributed by atoms with Gasteiger partial charge in [0, 0.05) is 23.8 Å². The summed E-state index contributed by atoms with van der Waals surface area (Å²) < 4.78 is 0. The van der Waals surface area contributed by atoms with Gasteiger partial charge in [-0.1, -0.05) is 6.92 Å². The third-order valence-electron chi connectivity index (χ3n) is 4.34. The molecule has 2 rings (SSSR count). The van der Waals surface area contributed by atoms with Gasteiger partial charge >= 0.3 is 0 Å². The number of amides is 1. The largest absolute Gasteiger partial charge is 0.399 e. The second-order valence-electron chi connectivity index (χ2n) is 5.97. The lowest BCUT2D eigenvalue weighted by molar-refractivity contribution is -0.116. The molecule has 0 radical (unpaired) electrons. The van der Waals surface area contributed by atoms with E-state index in [-0.39, 0.29) is 5.91 Å². The first-order valence-electron chi connectivity index (χ1n) is 8.00. The smallest absolute Gasteiger partial charge is 0.224 e. The number of hydrogen-bond donors (Lipinski definition) is 2. The van der Waals surface area contributed by atoms with Crippen molar-refractivity contribution in [2.24, 2.45) is 0 Å². The van der Waals surface area contributed by atoms with Crippen molar-refractivity contribution in [3.05, 3.63) is 23.8 Å². The van der Waals surface area contributed by atoms with E-state index in [2.05, 4.69) is 17.1 Å². The predicted octanol–water partition coefficient (Wildman–Crippen LogP) is 3.17. The van der Waals surface area contributed by atoms with Crippen LogP contribution < -0.4 is 11.1 Å². The van der Waals surface area contributed by atoms with Crippen LogP contribution in [0, 0.1) is 6.92 Å². The molecule has 1 aliphatic rings. The van der Waals surface area contributed by atoms with Crippen LogP contribution >= 0.6 is 0 Å². The minimum absolute atomic E-state index is 0.0927. The molecule has 1 aliphatic heterocycles. The third-order valence-corrected chi connectivity index (χ3v) is 4.34. The quantitative estimate of drug-likeness (QED) is 0.791. The number of aryl methyl sites for hydroxylation is 1. The van der Waals surface area contributed by atoms with Crippen LogP contribution in [0.3, 0.4) is 0 Å². The lowest BCUT2D eigenvalue weighted by atomic mass is 10.1. The molecule has 0 aliphatic carbocycles. The van der Waals surface area contributed by atoms with E-state index in [1.807, 2.05) is 25.1 Å². The Balaban J connectivity index is 1.75. The molecule has 1 saturated heterocycles. The Labute approximate surface area is 127 Å². The van der Waals surface area contributed by atoms with Crippen LogP contribution in [-0.4, -0.2) is 29.9 Å². The van der Waals surface area contributed by atoms with Gasteiger partial charge in [0.05, 0.1) is 0 Å². The molecule has 1 aromatic rings. The zero-order valence-electron chi connectivity index (χ0n) is 13.2. The number of nitrogens with one attached hydrogen (secondary N) is 1. The van der Waals surface area contributed by atoms with Crippen molar-refractivity contribution in [2.75, 3.05) is 24.1 Å². The second-order valence-corrected chi connectivity index (χ2v) is 5.97. The zero-order valence-corrected chi connectivity index (χ0v) is 13.2. The molecule has 1 heterocycles. The second kappa shape index (κ2) is 7.46. The van der Waals surface area contributed by atoms with Crippen LogP contribution in [-0.2, 0) is 4.79 Å². The molecule has 1 amide bonds. The van der Waals surface area contributed by atoms with E-state index < -0.39 is 0 Å². The molecule has 1 unspecified atom stereocenters. The van der Waals surface area contributed by atoms with Crippen molar-refractivity contribution in [3.8, 4) is 0 Å². The number of carbonyl (C=O) groups excluding carboxylic acids is 1. The lowest BCUT2D eigenvalue weighted by Gasteiger charge is -2.22. The number of nitrogen functional groups attached to an aromatic ring is 1. The lowest BCUT2D eigenvalue weighted by Crippen LogP contribution is -2.30. The Bertz CT molecular complexity index is 487. The first-order valence-corrected chi connectivity index (χ1v) is 8.00. The topological polar surface area (TPSA) is 58.4 Å². The van der Waals surface area contributed by atoms with E-state index in [4.69, 9.17) is 5.73 Å². The Morgan fingerprint density at radius 1 is 1.48 bits per heavy atom.